The number of benzene rings is 1. The average molecular weight is 452 g/mol. The number of alkyl halides is 5. The SMILES string of the molecule is CCCC(C)C1CCC(CCC(F)(F)Oc2cc(F)c(C#CC(F)(F)F)c(F)c2)CC1. The van der Waals surface area contributed by atoms with Crippen molar-refractivity contribution < 1.29 is 35.5 Å². The summed E-state index contributed by atoms with van der Waals surface area (Å²) in [6, 6.07) is 0.829. The van der Waals surface area contributed by atoms with Crippen molar-refractivity contribution in [3.8, 4) is 17.6 Å². The first-order valence-electron chi connectivity index (χ1n) is 10.6. The molecule has 174 valence electrons. The summed E-state index contributed by atoms with van der Waals surface area (Å²) in [5.41, 5.74) is -1.15. The standard InChI is InChI=1S/C23H27F7O/c1-3-4-15(2)17-7-5-16(6-8-17)9-12-23(29,30)31-18-13-20(24)19(21(25)14-18)10-11-22(26,27)28/h13-17H,3-9,12H2,1-2H3. The number of hydrogen-bond acceptors (Lipinski definition) is 1. The first kappa shape index (κ1) is 25.4. The smallest absolute Gasteiger partial charge is 0.432 e. The monoisotopic (exact) mass is 452 g/mol. The van der Waals surface area contributed by atoms with E-state index in [4.69, 9.17) is 0 Å². The molecule has 0 heterocycles. The summed E-state index contributed by atoms with van der Waals surface area (Å²) in [5, 5.41) is 0. The molecule has 0 spiro atoms. The second kappa shape index (κ2) is 10.6. The number of ether oxygens (including phenoxy) is 1. The highest BCUT2D eigenvalue weighted by atomic mass is 19.4. The van der Waals surface area contributed by atoms with E-state index in [2.05, 4.69) is 18.6 Å². The minimum Gasteiger partial charge on any atom is -0.432 e. The van der Waals surface area contributed by atoms with E-state index in [0.717, 1.165) is 44.4 Å². The second-order valence-corrected chi connectivity index (χ2v) is 8.33. The van der Waals surface area contributed by atoms with E-state index in [0.29, 0.717) is 24.0 Å². The average Bonchev–Trinajstić information content (AvgIpc) is 2.65. The van der Waals surface area contributed by atoms with Crippen molar-refractivity contribution in [2.45, 2.75) is 77.5 Å². The van der Waals surface area contributed by atoms with Crippen LogP contribution in [0.25, 0.3) is 0 Å². The fourth-order valence-corrected chi connectivity index (χ4v) is 4.19. The summed E-state index contributed by atoms with van der Waals surface area (Å²) in [6.45, 7) is 4.38. The lowest BCUT2D eigenvalue weighted by Gasteiger charge is -2.32. The highest BCUT2D eigenvalue weighted by Crippen LogP contribution is 2.38. The molecule has 1 unspecified atom stereocenters. The van der Waals surface area contributed by atoms with Crippen LogP contribution in [0, 0.1) is 41.2 Å². The summed E-state index contributed by atoms with van der Waals surface area (Å²) >= 11 is 0. The van der Waals surface area contributed by atoms with Gasteiger partial charge in [-0.15, -0.1) is 0 Å². The topological polar surface area (TPSA) is 9.23 Å². The third-order valence-electron chi connectivity index (χ3n) is 5.90. The summed E-state index contributed by atoms with van der Waals surface area (Å²) < 4.78 is 96.9. The number of hydrogen-bond donors (Lipinski definition) is 0. The molecule has 1 saturated carbocycles. The zero-order chi connectivity index (χ0) is 23.2. The van der Waals surface area contributed by atoms with E-state index >= 15 is 0 Å². The van der Waals surface area contributed by atoms with E-state index in [-0.39, 0.29) is 12.3 Å². The molecule has 0 saturated heterocycles. The van der Waals surface area contributed by atoms with Gasteiger partial charge in [-0.2, -0.15) is 22.0 Å². The molecule has 1 fully saturated rings. The summed E-state index contributed by atoms with van der Waals surface area (Å²) in [5.74, 6) is -0.322. The quantitative estimate of drug-likeness (QED) is 0.288. The van der Waals surface area contributed by atoms with Gasteiger partial charge in [0.2, 0.25) is 0 Å². The molecular weight excluding hydrogens is 425 g/mol. The van der Waals surface area contributed by atoms with Crippen LogP contribution >= 0.6 is 0 Å². The molecule has 1 aliphatic rings. The zero-order valence-electron chi connectivity index (χ0n) is 17.6. The predicted molar refractivity (Wildman–Crippen MR) is 104 cm³/mol. The molecule has 0 aromatic heterocycles. The van der Waals surface area contributed by atoms with Gasteiger partial charge in [0.15, 0.2) is 0 Å². The predicted octanol–water partition coefficient (Wildman–Crippen LogP) is 7.87. The van der Waals surface area contributed by atoms with Crippen molar-refractivity contribution in [3.05, 3.63) is 29.3 Å². The Kier molecular flexibility index (Phi) is 8.67. The number of halogens is 7. The Balaban J connectivity index is 1.92. The molecule has 0 N–H and O–H groups in total. The molecule has 1 atom stereocenters. The van der Waals surface area contributed by atoms with Crippen LogP contribution in [0.5, 0.6) is 5.75 Å². The van der Waals surface area contributed by atoms with Crippen molar-refractivity contribution in [2.24, 2.45) is 17.8 Å². The van der Waals surface area contributed by atoms with Gasteiger partial charge in [0.05, 0.1) is 12.0 Å². The van der Waals surface area contributed by atoms with Gasteiger partial charge in [0.25, 0.3) is 0 Å². The number of rotatable bonds is 8. The summed E-state index contributed by atoms with van der Waals surface area (Å²) in [7, 11) is 0. The van der Waals surface area contributed by atoms with E-state index < -0.39 is 41.7 Å². The Morgan fingerprint density at radius 1 is 1.03 bits per heavy atom. The minimum atomic E-state index is -4.94. The molecule has 2 rings (SSSR count). The van der Waals surface area contributed by atoms with Crippen molar-refractivity contribution in [1.29, 1.82) is 0 Å². The molecule has 1 aliphatic carbocycles. The highest BCUT2D eigenvalue weighted by molar-refractivity contribution is 5.41. The molecule has 0 aliphatic heterocycles. The summed E-state index contributed by atoms with van der Waals surface area (Å²) in [6.07, 6.45) is -2.93. The first-order valence-corrected chi connectivity index (χ1v) is 10.6. The molecule has 1 aromatic rings. The third-order valence-corrected chi connectivity index (χ3v) is 5.90. The normalized spacial score (nSPS) is 20.7. The van der Waals surface area contributed by atoms with Crippen LogP contribution in [0.2, 0.25) is 0 Å². The van der Waals surface area contributed by atoms with Crippen LogP contribution in [0.15, 0.2) is 12.1 Å². The molecule has 1 aromatic carbocycles. The molecule has 0 bridgehead atoms. The van der Waals surface area contributed by atoms with Crippen LogP contribution in [0.3, 0.4) is 0 Å². The van der Waals surface area contributed by atoms with Crippen LogP contribution in [0.4, 0.5) is 30.7 Å². The second-order valence-electron chi connectivity index (χ2n) is 8.33. The molecular formula is C23H27F7O. The lowest BCUT2D eigenvalue weighted by atomic mass is 9.74. The van der Waals surface area contributed by atoms with E-state index in [1.807, 2.05) is 0 Å². The van der Waals surface area contributed by atoms with Crippen molar-refractivity contribution in [2.75, 3.05) is 0 Å². The first-order chi connectivity index (χ1) is 14.4. The Morgan fingerprint density at radius 3 is 2.13 bits per heavy atom. The zero-order valence-corrected chi connectivity index (χ0v) is 17.6. The van der Waals surface area contributed by atoms with Crippen molar-refractivity contribution in [3.63, 3.8) is 0 Å². The Bertz CT molecular complexity index is 760. The molecule has 8 heteroatoms. The van der Waals surface area contributed by atoms with Gasteiger partial charge in [-0.3, -0.25) is 0 Å². The minimum absolute atomic E-state index is 0.146. The molecule has 0 amide bonds. The van der Waals surface area contributed by atoms with Crippen molar-refractivity contribution >= 4 is 0 Å². The van der Waals surface area contributed by atoms with Crippen LogP contribution < -0.4 is 4.74 Å². The van der Waals surface area contributed by atoms with E-state index in [1.54, 1.807) is 0 Å². The van der Waals surface area contributed by atoms with Gasteiger partial charge in [0, 0.05) is 18.1 Å². The lowest BCUT2D eigenvalue weighted by Crippen LogP contribution is -2.27. The molecule has 0 radical (unpaired) electrons. The Labute approximate surface area is 178 Å². The van der Waals surface area contributed by atoms with E-state index in [1.165, 1.54) is 5.92 Å². The highest BCUT2D eigenvalue weighted by Gasteiger charge is 2.34. The van der Waals surface area contributed by atoms with E-state index in [9.17, 15) is 30.7 Å². The van der Waals surface area contributed by atoms with Gasteiger partial charge in [-0.25, -0.2) is 8.78 Å². The molecule has 1 nitrogen and oxygen atoms in total. The maximum absolute atomic E-state index is 14.2. The largest absolute Gasteiger partial charge is 0.458 e. The Hall–Kier alpha value is -1.91. The van der Waals surface area contributed by atoms with Gasteiger partial charge in [0.1, 0.15) is 17.4 Å². The van der Waals surface area contributed by atoms with Crippen molar-refractivity contribution in [1.82, 2.24) is 0 Å². The third kappa shape index (κ3) is 8.27. The van der Waals surface area contributed by atoms with Gasteiger partial charge < -0.3 is 4.74 Å². The van der Waals surface area contributed by atoms with Gasteiger partial charge >= 0.3 is 12.3 Å². The van der Waals surface area contributed by atoms with Crippen LogP contribution in [-0.4, -0.2) is 12.3 Å². The fourth-order valence-electron chi connectivity index (χ4n) is 4.19. The maximum atomic E-state index is 14.2. The van der Waals surface area contributed by atoms with Gasteiger partial charge in [-0.05, 0) is 37.0 Å². The van der Waals surface area contributed by atoms with Gasteiger partial charge in [-0.1, -0.05) is 45.5 Å². The van der Waals surface area contributed by atoms with Crippen LogP contribution in [0.1, 0.15) is 70.8 Å². The molecule has 31 heavy (non-hydrogen) atoms. The summed E-state index contributed by atoms with van der Waals surface area (Å²) in [4.78, 5) is 0. The maximum Gasteiger partial charge on any atom is 0.458 e. The Morgan fingerprint density at radius 2 is 1.61 bits per heavy atom. The lowest BCUT2D eigenvalue weighted by molar-refractivity contribution is -0.183. The van der Waals surface area contributed by atoms with Crippen LogP contribution in [-0.2, 0) is 0 Å². The fraction of sp³-hybridized carbons (Fsp3) is 0.652.